The number of benzene rings is 1. The van der Waals surface area contributed by atoms with Crippen molar-refractivity contribution in [2.45, 2.75) is 32.9 Å². The van der Waals surface area contributed by atoms with Crippen LogP contribution in [0.3, 0.4) is 0 Å². The van der Waals surface area contributed by atoms with Gasteiger partial charge in [0.05, 0.1) is 6.04 Å². The first-order valence-electron chi connectivity index (χ1n) is 7.03. The van der Waals surface area contributed by atoms with Crippen LogP contribution in [0.2, 0.25) is 0 Å². The average molecular weight is 313 g/mol. The number of hydrogen-bond acceptors (Lipinski definition) is 3. The summed E-state index contributed by atoms with van der Waals surface area (Å²) in [4.78, 5) is 25.0. The van der Waals surface area contributed by atoms with E-state index in [4.69, 9.17) is 0 Å². The van der Waals surface area contributed by atoms with Crippen LogP contribution in [0, 0.1) is 11.6 Å². The van der Waals surface area contributed by atoms with Crippen molar-refractivity contribution in [3.05, 3.63) is 35.4 Å². The normalized spacial score (nSPS) is 13.6. The Morgan fingerprint density at radius 1 is 1.23 bits per heavy atom. The van der Waals surface area contributed by atoms with Gasteiger partial charge in [0.1, 0.15) is 0 Å². The minimum absolute atomic E-state index is 0.329. The summed E-state index contributed by atoms with van der Waals surface area (Å²) in [6, 6.07) is 2.11. The zero-order valence-electron chi connectivity index (χ0n) is 13.1. The number of nitrogens with zero attached hydrogens (tertiary/aromatic N) is 1. The molecule has 0 spiro atoms. The molecule has 0 radical (unpaired) electrons. The smallest absolute Gasteiger partial charge is 0.321 e. The molecule has 1 rings (SSSR count). The van der Waals surface area contributed by atoms with Crippen LogP contribution in [0.5, 0.6) is 0 Å². The second-order valence-corrected chi connectivity index (χ2v) is 5.04. The number of rotatable bonds is 5. The van der Waals surface area contributed by atoms with Crippen molar-refractivity contribution < 1.29 is 18.4 Å². The van der Waals surface area contributed by atoms with E-state index in [0.717, 1.165) is 12.1 Å². The highest BCUT2D eigenvalue weighted by Crippen LogP contribution is 2.22. The zero-order valence-corrected chi connectivity index (χ0v) is 13.1. The summed E-state index contributed by atoms with van der Waals surface area (Å²) in [5.41, 5.74) is 0.541. The number of likely N-dealkylation sites (N-methyl/N-ethyl adjacent to an activating group) is 1. The number of halogens is 2. The minimum atomic E-state index is -0.933. The maximum atomic E-state index is 13.3. The largest absolute Gasteiger partial charge is 0.338 e. The van der Waals surface area contributed by atoms with Gasteiger partial charge in [-0.1, -0.05) is 6.07 Å². The molecule has 0 bridgehead atoms. The molecule has 1 aromatic rings. The Bertz CT molecular complexity index is 552. The number of hydrogen-bond donors (Lipinski definition) is 2. The van der Waals surface area contributed by atoms with E-state index in [1.807, 2.05) is 0 Å². The molecule has 2 N–H and O–H groups in total. The molecule has 0 fully saturated rings. The first-order chi connectivity index (χ1) is 10.3. The second kappa shape index (κ2) is 7.84. The third kappa shape index (κ3) is 4.49. The van der Waals surface area contributed by atoms with Gasteiger partial charge in [0.25, 0.3) is 0 Å². The summed E-state index contributed by atoms with van der Waals surface area (Å²) in [6.07, 6.45) is 0. The Morgan fingerprint density at radius 2 is 1.86 bits per heavy atom. The Labute approximate surface area is 128 Å². The first-order valence-corrected chi connectivity index (χ1v) is 7.03. The first kappa shape index (κ1) is 18.0. The molecule has 7 heteroatoms. The minimum Gasteiger partial charge on any atom is -0.338 e. The number of nitrogens with one attached hydrogen (secondary N) is 2. The van der Waals surface area contributed by atoms with Crippen molar-refractivity contribution in [3.63, 3.8) is 0 Å². The molecule has 1 aromatic carbocycles. The van der Waals surface area contributed by atoms with E-state index in [1.165, 1.54) is 6.07 Å². The van der Waals surface area contributed by atoms with Crippen LogP contribution in [0.15, 0.2) is 18.2 Å². The molecule has 0 heterocycles. The van der Waals surface area contributed by atoms with Crippen LogP contribution in [-0.2, 0) is 4.79 Å². The summed E-state index contributed by atoms with van der Waals surface area (Å²) in [6.45, 7) is 5.55. The number of urea groups is 1. The molecule has 3 amide bonds. The molecule has 2 atom stereocenters. The molecule has 0 aromatic heterocycles. The van der Waals surface area contributed by atoms with E-state index in [0.29, 0.717) is 12.1 Å². The van der Waals surface area contributed by atoms with E-state index < -0.39 is 29.6 Å². The zero-order chi connectivity index (χ0) is 16.9. The van der Waals surface area contributed by atoms with Gasteiger partial charge in [-0.25, -0.2) is 13.6 Å². The van der Waals surface area contributed by atoms with E-state index in [2.05, 4.69) is 10.6 Å². The predicted octanol–water partition coefficient (Wildman–Crippen LogP) is 2.19. The molecule has 0 aliphatic rings. The second-order valence-electron chi connectivity index (χ2n) is 5.04. The SMILES string of the molecule is CCNC(=O)NC(=O)C(C)N(C)C(C)c1ccc(F)c(F)c1. The van der Waals surface area contributed by atoms with Gasteiger partial charge in [0.15, 0.2) is 11.6 Å². The third-order valence-electron chi connectivity index (χ3n) is 3.60. The lowest BCUT2D eigenvalue weighted by molar-refractivity contribution is -0.125. The summed E-state index contributed by atoms with van der Waals surface area (Å²) < 4.78 is 26.3. The molecule has 0 saturated carbocycles. The van der Waals surface area contributed by atoms with E-state index in [-0.39, 0.29) is 6.04 Å². The summed E-state index contributed by atoms with van der Waals surface area (Å²) >= 11 is 0. The maximum Gasteiger partial charge on any atom is 0.321 e. The lowest BCUT2D eigenvalue weighted by Gasteiger charge is -2.30. The van der Waals surface area contributed by atoms with Crippen molar-refractivity contribution >= 4 is 11.9 Å². The fourth-order valence-electron chi connectivity index (χ4n) is 1.95. The summed E-state index contributed by atoms with van der Waals surface area (Å²) in [5.74, 6) is -2.32. The van der Waals surface area contributed by atoms with Gasteiger partial charge in [-0.15, -0.1) is 0 Å². The quantitative estimate of drug-likeness (QED) is 0.876. The highest BCUT2D eigenvalue weighted by atomic mass is 19.2. The Balaban J connectivity index is 2.76. The number of amides is 3. The maximum absolute atomic E-state index is 13.3. The lowest BCUT2D eigenvalue weighted by atomic mass is 10.1. The molecule has 5 nitrogen and oxygen atoms in total. The molecule has 0 saturated heterocycles. The van der Waals surface area contributed by atoms with Gasteiger partial charge >= 0.3 is 6.03 Å². The molecular formula is C15H21F2N3O2. The molecule has 22 heavy (non-hydrogen) atoms. The topological polar surface area (TPSA) is 61.4 Å². The Morgan fingerprint density at radius 3 is 2.41 bits per heavy atom. The van der Waals surface area contributed by atoms with Crippen molar-refractivity contribution in [1.29, 1.82) is 0 Å². The third-order valence-corrected chi connectivity index (χ3v) is 3.60. The average Bonchev–Trinajstić information content (AvgIpc) is 2.47. The van der Waals surface area contributed by atoms with Gasteiger partial charge in [0.2, 0.25) is 5.91 Å². The van der Waals surface area contributed by atoms with Crippen LogP contribution in [0.25, 0.3) is 0 Å². The van der Waals surface area contributed by atoms with E-state index in [9.17, 15) is 18.4 Å². The van der Waals surface area contributed by atoms with Gasteiger partial charge in [0, 0.05) is 12.6 Å². The fraction of sp³-hybridized carbons (Fsp3) is 0.467. The van der Waals surface area contributed by atoms with Gasteiger partial charge < -0.3 is 5.32 Å². The van der Waals surface area contributed by atoms with Gasteiger partial charge in [-0.05, 0) is 45.5 Å². The standard InChI is InChI=1S/C15H21F2N3O2/c1-5-18-15(22)19-14(21)10(3)20(4)9(2)11-6-7-12(16)13(17)8-11/h6-10H,5H2,1-4H3,(H2,18,19,21,22). The monoisotopic (exact) mass is 313 g/mol. The molecule has 122 valence electrons. The van der Waals surface area contributed by atoms with Crippen LogP contribution >= 0.6 is 0 Å². The van der Waals surface area contributed by atoms with Crippen LogP contribution in [0.1, 0.15) is 32.4 Å². The molecular weight excluding hydrogens is 292 g/mol. The Hall–Kier alpha value is -2.02. The lowest BCUT2D eigenvalue weighted by Crippen LogP contribution is -2.49. The van der Waals surface area contributed by atoms with Crippen LogP contribution in [-0.4, -0.2) is 36.5 Å². The molecule has 2 unspecified atom stereocenters. The van der Waals surface area contributed by atoms with Crippen molar-refractivity contribution in [2.24, 2.45) is 0 Å². The number of carbonyl (C=O) groups is 2. The molecule has 0 aliphatic heterocycles. The molecule has 0 aliphatic carbocycles. The van der Waals surface area contributed by atoms with Crippen LogP contribution in [0.4, 0.5) is 13.6 Å². The highest BCUT2D eigenvalue weighted by Gasteiger charge is 2.24. The number of carbonyl (C=O) groups excluding carboxylic acids is 2. The van der Waals surface area contributed by atoms with Crippen LogP contribution < -0.4 is 10.6 Å². The van der Waals surface area contributed by atoms with Crippen molar-refractivity contribution in [1.82, 2.24) is 15.5 Å². The fourth-order valence-corrected chi connectivity index (χ4v) is 1.95. The highest BCUT2D eigenvalue weighted by molar-refractivity contribution is 5.96. The predicted molar refractivity (Wildman–Crippen MR) is 79.2 cm³/mol. The summed E-state index contributed by atoms with van der Waals surface area (Å²) in [7, 11) is 1.67. The van der Waals surface area contributed by atoms with Crippen molar-refractivity contribution in [2.75, 3.05) is 13.6 Å². The van der Waals surface area contributed by atoms with Gasteiger partial charge in [-0.2, -0.15) is 0 Å². The van der Waals surface area contributed by atoms with Gasteiger partial charge in [-0.3, -0.25) is 15.0 Å². The Kier molecular flexibility index (Phi) is 6.42. The van der Waals surface area contributed by atoms with E-state index >= 15 is 0 Å². The number of imide groups is 1. The summed E-state index contributed by atoms with van der Waals surface area (Å²) in [5, 5.41) is 4.69. The van der Waals surface area contributed by atoms with Crippen molar-refractivity contribution in [3.8, 4) is 0 Å². The van der Waals surface area contributed by atoms with E-state index in [1.54, 1.807) is 32.7 Å².